The minimum absolute atomic E-state index is 0.0767. The molecule has 1 aromatic carbocycles. The van der Waals surface area contributed by atoms with Crippen LogP contribution in [0, 0.1) is 5.82 Å². The topological polar surface area (TPSA) is 104 Å². The van der Waals surface area contributed by atoms with E-state index < -0.39 is 18.1 Å². The van der Waals surface area contributed by atoms with E-state index in [0.29, 0.717) is 59.2 Å². The van der Waals surface area contributed by atoms with Crippen molar-refractivity contribution in [3.63, 3.8) is 0 Å². The Morgan fingerprint density at radius 2 is 1.90 bits per heavy atom. The first-order valence-electron chi connectivity index (χ1n) is 13.7. The molecule has 0 N–H and O–H groups in total. The van der Waals surface area contributed by atoms with Crippen LogP contribution in [0.2, 0.25) is 0 Å². The van der Waals surface area contributed by atoms with Crippen LogP contribution in [0.25, 0.3) is 33.6 Å². The van der Waals surface area contributed by atoms with Gasteiger partial charge in [0.25, 0.3) is 5.89 Å². The van der Waals surface area contributed by atoms with Gasteiger partial charge in [0.2, 0.25) is 5.89 Å². The quantitative estimate of drug-likeness (QED) is 0.279. The number of hydrogen-bond acceptors (Lipinski definition) is 8. The molecule has 10 nitrogen and oxygen atoms in total. The lowest BCUT2D eigenvalue weighted by Gasteiger charge is -2.42. The number of pyridine rings is 2. The lowest BCUT2D eigenvalue weighted by atomic mass is 10.0. The lowest BCUT2D eigenvalue weighted by Crippen LogP contribution is -2.53. The van der Waals surface area contributed by atoms with E-state index in [1.807, 2.05) is 0 Å². The number of nitrogens with zero attached hydrogens (tertiary/aromatic N) is 7. The molecule has 2 aliphatic heterocycles. The number of rotatable bonds is 7. The van der Waals surface area contributed by atoms with Gasteiger partial charge in [-0.15, -0.1) is 10.2 Å². The molecule has 0 amide bonds. The molecule has 5 aromatic rings. The van der Waals surface area contributed by atoms with Gasteiger partial charge in [-0.3, -0.25) is 24.0 Å². The third-order valence-corrected chi connectivity index (χ3v) is 7.97. The normalized spacial score (nSPS) is 18.1. The van der Waals surface area contributed by atoms with E-state index in [1.165, 1.54) is 16.8 Å². The summed E-state index contributed by atoms with van der Waals surface area (Å²) in [5, 5.41) is 7.00. The van der Waals surface area contributed by atoms with Gasteiger partial charge < -0.3 is 9.15 Å². The van der Waals surface area contributed by atoms with Crippen LogP contribution in [0.3, 0.4) is 0 Å². The number of fused-ring (bicyclic) bond motifs is 1. The van der Waals surface area contributed by atoms with Crippen molar-refractivity contribution in [1.29, 1.82) is 0 Å². The number of likely N-dealkylation sites (tertiary alicyclic amines) is 1. The zero-order chi connectivity index (χ0) is 28.8. The Labute approximate surface area is 237 Å². The molecule has 2 aliphatic rings. The second kappa shape index (κ2) is 10.8. The Balaban J connectivity index is 1.28. The molecule has 2 fully saturated rings. The van der Waals surface area contributed by atoms with Gasteiger partial charge in [-0.05, 0) is 43.7 Å². The van der Waals surface area contributed by atoms with Gasteiger partial charge in [-0.25, -0.2) is 9.18 Å². The van der Waals surface area contributed by atoms with E-state index in [0.717, 1.165) is 19.4 Å². The molecule has 0 unspecified atom stereocenters. The second-order valence-corrected chi connectivity index (χ2v) is 10.6. The van der Waals surface area contributed by atoms with Crippen LogP contribution in [-0.4, -0.2) is 66.5 Å². The fraction of sp³-hybridized carbons (Fsp3) is 0.345. The maximum absolute atomic E-state index is 15.6. The molecule has 0 bridgehead atoms. The van der Waals surface area contributed by atoms with Crippen LogP contribution < -0.4 is 5.69 Å². The summed E-state index contributed by atoms with van der Waals surface area (Å²) in [7, 11) is 0. The maximum atomic E-state index is 15.6. The Kier molecular flexibility index (Phi) is 6.82. The summed E-state index contributed by atoms with van der Waals surface area (Å²) >= 11 is 0. The zero-order valence-electron chi connectivity index (χ0n) is 22.4. The van der Waals surface area contributed by atoms with Crippen molar-refractivity contribution in [3.05, 3.63) is 82.9 Å². The zero-order valence-corrected chi connectivity index (χ0v) is 22.4. The first-order chi connectivity index (χ1) is 20.5. The first kappa shape index (κ1) is 26.5. The second-order valence-electron chi connectivity index (χ2n) is 10.6. The minimum atomic E-state index is -2.87. The molecule has 0 aliphatic carbocycles. The molecule has 0 spiro atoms. The largest absolute Gasteiger partial charge is 0.415 e. The van der Waals surface area contributed by atoms with Crippen molar-refractivity contribution in [2.24, 2.45) is 0 Å². The van der Waals surface area contributed by atoms with Crippen molar-refractivity contribution in [2.45, 2.75) is 37.9 Å². The van der Waals surface area contributed by atoms with Gasteiger partial charge in [0, 0.05) is 42.3 Å². The Morgan fingerprint density at radius 1 is 1.02 bits per heavy atom. The standard InChI is InChI=1S/C29H26F3N7O3/c30-23-10-24-25(9-22(23)17-3-1-7-33-11-17)39(20-4-2-8-37(14-20)21-15-41-16-21)29(40)38(24)13-19-6-5-18(12-34-19)27-35-36-28(42-27)26(31)32/h1,3,5-7,9-12,20-21,26H,2,4,8,13-16H2/t20-/m0/s1. The Bertz CT molecular complexity index is 1780. The van der Waals surface area contributed by atoms with Gasteiger partial charge in [-0.1, -0.05) is 6.07 Å². The van der Waals surface area contributed by atoms with E-state index in [2.05, 4.69) is 25.1 Å². The molecule has 0 radical (unpaired) electrons. The highest BCUT2D eigenvalue weighted by molar-refractivity contribution is 5.83. The van der Waals surface area contributed by atoms with Crippen molar-refractivity contribution in [1.82, 2.24) is 34.2 Å². The van der Waals surface area contributed by atoms with Gasteiger partial charge in [0.05, 0.1) is 54.1 Å². The van der Waals surface area contributed by atoms with E-state index >= 15 is 4.39 Å². The molecule has 13 heteroatoms. The van der Waals surface area contributed by atoms with Crippen LogP contribution in [0.15, 0.2) is 64.2 Å². The number of imidazole rings is 1. The number of benzene rings is 1. The van der Waals surface area contributed by atoms with Crippen molar-refractivity contribution in [2.75, 3.05) is 26.3 Å². The smallest absolute Gasteiger partial charge is 0.329 e. The summed E-state index contributed by atoms with van der Waals surface area (Å²) in [4.78, 5) is 25.0. The van der Waals surface area contributed by atoms with Crippen LogP contribution in [0.1, 0.15) is 36.9 Å². The highest BCUT2D eigenvalue weighted by Crippen LogP contribution is 2.32. The highest BCUT2D eigenvalue weighted by Gasteiger charge is 2.33. The number of halogens is 3. The molecule has 7 rings (SSSR count). The molecule has 216 valence electrons. The predicted molar refractivity (Wildman–Crippen MR) is 145 cm³/mol. The molecule has 6 heterocycles. The predicted octanol–water partition coefficient (Wildman–Crippen LogP) is 4.47. The Morgan fingerprint density at radius 3 is 2.60 bits per heavy atom. The van der Waals surface area contributed by atoms with Gasteiger partial charge >= 0.3 is 12.1 Å². The van der Waals surface area contributed by atoms with Crippen molar-refractivity contribution < 1.29 is 22.3 Å². The van der Waals surface area contributed by atoms with E-state index in [1.54, 1.807) is 47.3 Å². The van der Waals surface area contributed by atoms with Crippen LogP contribution in [-0.2, 0) is 11.3 Å². The Hall–Kier alpha value is -4.36. The van der Waals surface area contributed by atoms with Gasteiger partial charge in [0.15, 0.2) is 0 Å². The number of hydrogen-bond donors (Lipinski definition) is 0. The van der Waals surface area contributed by atoms with Crippen LogP contribution in [0.4, 0.5) is 13.2 Å². The van der Waals surface area contributed by atoms with Crippen LogP contribution >= 0.6 is 0 Å². The highest BCUT2D eigenvalue weighted by atomic mass is 19.3. The van der Waals surface area contributed by atoms with E-state index in [4.69, 9.17) is 9.15 Å². The van der Waals surface area contributed by atoms with Gasteiger partial charge in [0.1, 0.15) is 5.82 Å². The summed E-state index contributed by atoms with van der Waals surface area (Å²) < 4.78 is 55.0. The monoisotopic (exact) mass is 577 g/mol. The van der Waals surface area contributed by atoms with Crippen molar-refractivity contribution in [3.8, 4) is 22.6 Å². The lowest BCUT2D eigenvalue weighted by molar-refractivity contribution is -0.0751. The van der Waals surface area contributed by atoms with Crippen molar-refractivity contribution >= 4 is 11.0 Å². The molecule has 2 saturated heterocycles. The maximum Gasteiger partial charge on any atom is 0.329 e. The summed E-state index contributed by atoms with van der Waals surface area (Å²) in [5.41, 5.74) is 2.71. The molecule has 42 heavy (non-hydrogen) atoms. The number of alkyl halides is 2. The molecule has 1 atom stereocenters. The van der Waals surface area contributed by atoms with Crippen LogP contribution in [0.5, 0.6) is 0 Å². The van der Waals surface area contributed by atoms with E-state index in [-0.39, 0.29) is 24.2 Å². The molecule has 0 saturated carbocycles. The SMILES string of the molecule is O=c1n(Cc2ccc(-c3nnc(C(F)F)o3)cn2)c2cc(F)c(-c3cccnc3)cc2n1[C@H]1CCCN(C2COC2)C1. The first-order valence-corrected chi connectivity index (χ1v) is 13.7. The van der Waals surface area contributed by atoms with E-state index in [9.17, 15) is 13.6 Å². The summed E-state index contributed by atoms with van der Waals surface area (Å²) in [6, 6.07) is 10.2. The summed E-state index contributed by atoms with van der Waals surface area (Å²) in [6.07, 6.45) is 3.52. The summed E-state index contributed by atoms with van der Waals surface area (Å²) in [6.45, 7) is 3.10. The fourth-order valence-corrected chi connectivity index (χ4v) is 5.75. The number of aromatic nitrogens is 6. The number of piperidine rings is 1. The van der Waals surface area contributed by atoms with Gasteiger partial charge in [-0.2, -0.15) is 8.78 Å². The molecular formula is C29H26F3N7O3. The number of ether oxygens (including phenoxy) is 1. The molecule has 4 aromatic heterocycles. The molecular weight excluding hydrogens is 551 g/mol. The third kappa shape index (κ3) is 4.77. The fourth-order valence-electron chi connectivity index (χ4n) is 5.75. The minimum Gasteiger partial charge on any atom is -0.415 e. The average molecular weight is 578 g/mol. The third-order valence-electron chi connectivity index (χ3n) is 7.97. The summed E-state index contributed by atoms with van der Waals surface area (Å²) in [5.74, 6) is -1.32. The average Bonchev–Trinajstić information content (AvgIpc) is 3.57.